The van der Waals surface area contributed by atoms with Crippen LogP contribution in [0.15, 0.2) is 24.3 Å². The predicted molar refractivity (Wildman–Crippen MR) is 83.5 cm³/mol. The number of benzene rings is 1. The van der Waals surface area contributed by atoms with Crippen LogP contribution >= 0.6 is 0 Å². The van der Waals surface area contributed by atoms with Crippen molar-refractivity contribution in [3.8, 4) is 5.75 Å². The van der Waals surface area contributed by atoms with E-state index >= 15 is 0 Å². The Kier molecular flexibility index (Phi) is 6.03. The Labute approximate surface area is 127 Å². The van der Waals surface area contributed by atoms with E-state index in [-0.39, 0.29) is 18.1 Å². The summed E-state index contributed by atoms with van der Waals surface area (Å²) in [6, 6.07) is 8.19. The molecule has 2 rings (SSSR count). The average Bonchev–Trinajstić information content (AvgIpc) is 2.88. The van der Waals surface area contributed by atoms with Crippen LogP contribution in [0.25, 0.3) is 0 Å². The van der Waals surface area contributed by atoms with E-state index in [1.54, 1.807) is 0 Å². The van der Waals surface area contributed by atoms with Crippen molar-refractivity contribution >= 4 is 0 Å². The first-order valence-electron chi connectivity index (χ1n) is 7.78. The van der Waals surface area contributed by atoms with Crippen LogP contribution in [-0.4, -0.2) is 37.6 Å². The number of rotatable bonds is 8. The summed E-state index contributed by atoms with van der Waals surface area (Å²) in [5.41, 5.74) is 1.31. The summed E-state index contributed by atoms with van der Waals surface area (Å²) in [6.07, 6.45) is 2.02. The summed E-state index contributed by atoms with van der Waals surface area (Å²) in [5.74, 6) is 0.915. The highest BCUT2D eigenvalue weighted by Gasteiger charge is 2.33. The molecule has 0 aliphatic carbocycles. The lowest BCUT2D eigenvalue weighted by Crippen LogP contribution is -2.35. The molecule has 1 saturated heterocycles. The van der Waals surface area contributed by atoms with E-state index in [4.69, 9.17) is 9.47 Å². The molecule has 0 radical (unpaired) electrons. The highest BCUT2D eigenvalue weighted by molar-refractivity contribution is 5.28. The Morgan fingerprint density at radius 2 is 2.29 bits per heavy atom. The number of aliphatic hydroxyl groups is 1. The van der Waals surface area contributed by atoms with Crippen molar-refractivity contribution in [1.29, 1.82) is 0 Å². The summed E-state index contributed by atoms with van der Waals surface area (Å²) in [4.78, 5) is 0. The molecule has 1 aromatic rings. The highest BCUT2D eigenvalue weighted by Crippen LogP contribution is 2.31. The van der Waals surface area contributed by atoms with Gasteiger partial charge in [-0.15, -0.1) is 0 Å². The maximum absolute atomic E-state index is 9.23. The van der Waals surface area contributed by atoms with Gasteiger partial charge in [-0.05, 0) is 44.4 Å². The van der Waals surface area contributed by atoms with Gasteiger partial charge in [0.25, 0.3) is 0 Å². The van der Waals surface area contributed by atoms with Crippen molar-refractivity contribution in [3.05, 3.63) is 29.8 Å². The van der Waals surface area contributed by atoms with Gasteiger partial charge in [-0.3, -0.25) is 0 Å². The molecule has 1 heterocycles. The van der Waals surface area contributed by atoms with Crippen LogP contribution in [0, 0.1) is 5.41 Å². The van der Waals surface area contributed by atoms with Crippen molar-refractivity contribution in [3.63, 3.8) is 0 Å². The third-order valence-corrected chi connectivity index (χ3v) is 3.93. The first-order chi connectivity index (χ1) is 10.1. The van der Waals surface area contributed by atoms with Crippen LogP contribution in [0.3, 0.4) is 0 Å². The monoisotopic (exact) mass is 293 g/mol. The fraction of sp³-hybridized carbons (Fsp3) is 0.647. The molecule has 4 heteroatoms. The molecule has 21 heavy (non-hydrogen) atoms. The molecule has 1 fully saturated rings. The number of ether oxygens (including phenoxy) is 2. The lowest BCUT2D eigenvalue weighted by Gasteiger charge is -2.27. The van der Waals surface area contributed by atoms with Crippen molar-refractivity contribution in [2.24, 2.45) is 5.41 Å². The largest absolute Gasteiger partial charge is 0.491 e. The van der Waals surface area contributed by atoms with Gasteiger partial charge in [-0.1, -0.05) is 12.1 Å². The molecule has 1 aliphatic heterocycles. The fourth-order valence-corrected chi connectivity index (χ4v) is 2.78. The van der Waals surface area contributed by atoms with Gasteiger partial charge in [-0.25, -0.2) is 0 Å². The number of hydrogen-bond acceptors (Lipinski definition) is 4. The van der Waals surface area contributed by atoms with Crippen molar-refractivity contribution in [2.75, 3.05) is 26.4 Å². The zero-order valence-corrected chi connectivity index (χ0v) is 13.1. The molecular weight excluding hydrogens is 266 g/mol. The van der Waals surface area contributed by atoms with Crippen LogP contribution in [0.1, 0.15) is 32.3 Å². The second-order valence-electron chi connectivity index (χ2n) is 6.19. The van der Waals surface area contributed by atoms with Gasteiger partial charge in [0.2, 0.25) is 0 Å². The van der Waals surface area contributed by atoms with Gasteiger partial charge < -0.3 is 19.9 Å². The Hall–Kier alpha value is -1.10. The summed E-state index contributed by atoms with van der Waals surface area (Å²) < 4.78 is 11.2. The topological polar surface area (TPSA) is 50.7 Å². The third kappa shape index (κ3) is 4.99. The minimum absolute atomic E-state index is 0.0980. The molecule has 0 amide bonds. The molecule has 0 bridgehead atoms. The third-order valence-electron chi connectivity index (χ3n) is 3.93. The molecule has 2 N–H and O–H groups in total. The average molecular weight is 293 g/mol. The summed E-state index contributed by atoms with van der Waals surface area (Å²) in [7, 11) is 0. The number of nitrogens with one attached hydrogen (secondary N) is 1. The van der Waals surface area contributed by atoms with Gasteiger partial charge in [0, 0.05) is 31.7 Å². The second kappa shape index (κ2) is 7.78. The lowest BCUT2D eigenvalue weighted by atomic mass is 9.84. The van der Waals surface area contributed by atoms with E-state index in [0.717, 1.165) is 44.9 Å². The Bertz CT molecular complexity index is 428. The SMILES string of the molecule is CC(C)Oc1cccc(CNCC2(CCO)CCOC2)c1. The molecule has 118 valence electrons. The lowest BCUT2D eigenvalue weighted by molar-refractivity contribution is 0.124. The normalized spacial score (nSPS) is 21.9. The first kappa shape index (κ1) is 16.3. The summed E-state index contributed by atoms with van der Waals surface area (Å²) >= 11 is 0. The molecule has 1 atom stereocenters. The van der Waals surface area contributed by atoms with E-state index in [9.17, 15) is 5.11 Å². The molecule has 1 aliphatic rings. The van der Waals surface area contributed by atoms with Crippen LogP contribution < -0.4 is 10.1 Å². The Morgan fingerprint density at radius 3 is 2.95 bits per heavy atom. The van der Waals surface area contributed by atoms with Crippen LogP contribution in [-0.2, 0) is 11.3 Å². The van der Waals surface area contributed by atoms with Gasteiger partial charge in [0.05, 0.1) is 12.7 Å². The quantitative estimate of drug-likeness (QED) is 0.772. The highest BCUT2D eigenvalue weighted by atomic mass is 16.5. The molecule has 1 unspecified atom stereocenters. The van der Waals surface area contributed by atoms with Crippen molar-refractivity contribution in [1.82, 2.24) is 5.32 Å². The predicted octanol–water partition coefficient (Wildman–Crippen LogP) is 2.35. The van der Waals surface area contributed by atoms with Gasteiger partial charge >= 0.3 is 0 Å². The molecular formula is C17H27NO3. The van der Waals surface area contributed by atoms with Crippen molar-refractivity contribution < 1.29 is 14.6 Å². The van der Waals surface area contributed by atoms with Crippen molar-refractivity contribution in [2.45, 2.75) is 39.3 Å². The van der Waals surface area contributed by atoms with E-state index in [1.165, 1.54) is 5.56 Å². The minimum Gasteiger partial charge on any atom is -0.491 e. The van der Waals surface area contributed by atoms with E-state index in [2.05, 4.69) is 17.4 Å². The smallest absolute Gasteiger partial charge is 0.120 e. The van der Waals surface area contributed by atoms with Crippen LogP contribution in [0.2, 0.25) is 0 Å². The second-order valence-corrected chi connectivity index (χ2v) is 6.19. The van der Waals surface area contributed by atoms with E-state index in [1.807, 2.05) is 26.0 Å². The van der Waals surface area contributed by atoms with Crippen LogP contribution in [0.4, 0.5) is 0 Å². The maximum atomic E-state index is 9.23. The van der Waals surface area contributed by atoms with Gasteiger partial charge in [-0.2, -0.15) is 0 Å². The van der Waals surface area contributed by atoms with Gasteiger partial charge in [0.15, 0.2) is 0 Å². The molecule has 0 saturated carbocycles. The zero-order valence-electron chi connectivity index (χ0n) is 13.1. The number of hydrogen-bond donors (Lipinski definition) is 2. The molecule has 0 spiro atoms. The maximum Gasteiger partial charge on any atom is 0.120 e. The standard InChI is InChI=1S/C17H27NO3/c1-14(2)21-16-5-3-4-15(10-16)11-18-12-17(6-8-19)7-9-20-13-17/h3-5,10,14,18-19H,6-9,11-13H2,1-2H3. The molecule has 4 nitrogen and oxygen atoms in total. The van der Waals surface area contributed by atoms with E-state index in [0.29, 0.717) is 0 Å². The summed E-state index contributed by atoms with van der Waals surface area (Å²) in [5, 5.41) is 12.7. The Morgan fingerprint density at radius 1 is 1.43 bits per heavy atom. The minimum atomic E-state index is 0.0980. The molecule has 0 aromatic heterocycles. The van der Waals surface area contributed by atoms with Crippen LogP contribution in [0.5, 0.6) is 5.75 Å². The fourth-order valence-electron chi connectivity index (χ4n) is 2.78. The van der Waals surface area contributed by atoms with Gasteiger partial charge in [0.1, 0.15) is 5.75 Å². The van der Waals surface area contributed by atoms with E-state index < -0.39 is 0 Å². The number of aliphatic hydroxyl groups excluding tert-OH is 1. The zero-order chi connectivity index (χ0) is 15.1. The molecule has 1 aromatic carbocycles. The Balaban J connectivity index is 1.85. The first-order valence-corrected chi connectivity index (χ1v) is 7.78. The summed E-state index contributed by atoms with van der Waals surface area (Å²) in [6.45, 7) is 7.53.